The zero-order valence-corrected chi connectivity index (χ0v) is 18.3. The lowest BCUT2D eigenvalue weighted by atomic mass is 9.86. The molecule has 2 aromatic rings. The molecule has 146 valence electrons. The van der Waals surface area contributed by atoms with Gasteiger partial charge < -0.3 is 10.2 Å². The molecule has 1 aromatic carbocycles. The van der Waals surface area contributed by atoms with Crippen molar-refractivity contribution in [3.8, 4) is 0 Å². The van der Waals surface area contributed by atoms with Gasteiger partial charge in [-0.1, -0.05) is 68.4 Å². The lowest BCUT2D eigenvalue weighted by Crippen LogP contribution is -2.35. The number of halogens is 1. The van der Waals surface area contributed by atoms with Gasteiger partial charge in [0.05, 0.1) is 17.3 Å². The van der Waals surface area contributed by atoms with E-state index in [9.17, 15) is 4.79 Å². The molecule has 0 fully saturated rings. The van der Waals surface area contributed by atoms with Gasteiger partial charge in [0.1, 0.15) is 0 Å². The first kappa shape index (κ1) is 21.7. The molecule has 0 saturated heterocycles. The number of hydrogen-bond donors (Lipinski definition) is 1. The SMILES string of the molecule is CSc1ncc(Cl)c(C(=O)NCC(c2ccc(C(C)(C)C)cc2)N(C)C)n1. The number of hydrogen-bond acceptors (Lipinski definition) is 5. The minimum Gasteiger partial charge on any atom is -0.349 e. The van der Waals surface area contributed by atoms with Crippen molar-refractivity contribution in [2.75, 3.05) is 26.9 Å². The van der Waals surface area contributed by atoms with Crippen LogP contribution < -0.4 is 5.32 Å². The number of carbonyl (C=O) groups excluding carboxylic acids is 1. The topological polar surface area (TPSA) is 58.1 Å². The zero-order valence-electron chi connectivity index (χ0n) is 16.7. The molecule has 1 amide bonds. The molecule has 1 N–H and O–H groups in total. The van der Waals surface area contributed by atoms with Crippen LogP contribution in [0.25, 0.3) is 0 Å². The minimum absolute atomic E-state index is 0.0450. The van der Waals surface area contributed by atoms with E-state index in [0.717, 1.165) is 5.56 Å². The summed E-state index contributed by atoms with van der Waals surface area (Å²) in [6, 6.07) is 8.60. The van der Waals surface area contributed by atoms with Crippen molar-refractivity contribution in [1.82, 2.24) is 20.2 Å². The Hall–Kier alpha value is -1.63. The van der Waals surface area contributed by atoms with Crippen LogP contribution in [0.1, 0.15) is 48.4 Å². The Morgan fingerprint density at radius 1 is 1.26 bits per heavy atom. The number of nitrogens with zero attached hydrogens (tertiary/aromatic N) is 3. The number of thioether (sulfide) groups is 1. The van der Waals surface area contributed by atoms with E-state index in [1.165, 1.54) is 23.5 Å². The van der Waals surface area contributed by atoms with Crippen molar-refractivity contribution in [2.45, 2.75) is 37.4 Å². The number of benzene rings is 1. The Bertz CT molecular complexity index is 788. The number of rotatable bonds is 6. The zero-order chi connectivity index (χ0) is 20.2. The molecule has 0 radical (unpaired) electrons. The third-order valence-corrected chi connectivity index (χ3v) is 5.20. The Morgan fingerprint density at radius 3 is 2.41 bits per heavy atom. The first-order valence-electron chi connectivity index (χ1n) is 8.75. The second kappa shape index (κ2) is 9.04. The fourth-order valence-electron chi connectivity index (χ4n) is 2.69. The number of nitrogens with one attached hydrogen (secondary N) is 1. The molecule has 0 spiro atoms. The average molecular weight is 407 g/mol. The minimum atomic E-state index is -0.295. The van der Waals surface area contributed by atoms with Gasteiger partial charge in [-0.25, -0.2) is 9.97 Å². The summed E-state index contributed by atoms with van der Waals surface area (Å²) in [5, 5.41) is 3.72. The van der Waals surface area contributed by atoms with E-state index < -0.39 is 0 Å². The third-order valence-electron chi connectivity index (χ3n) is 4.36. The lowest BCUT2D eigenvalue weighted by Gasteiger charge is -2.26. The molecule has 2 rings (SSSR count). The summed E-state index contributed by atoms with van der Waals surface area (Å²) in [6.45, 7) is 7.04. The van der Waals surface area contributed by atoms with Gasteiger partial charge in [-0.2, -0.15) is 0 Å². The maximum Gasteiger partial charge on any atom is 0.271 e. The predicted molar refractivity (Wildman–Crippen MR) is 113 cm³/mol. The molecule has 1 aromatic heterocycles. The highest BCUT2D eigenvalue weighted by atomic mass is 35.5. The second-order valence-electron chi connectivity index (χ2n) is 7.61. The molecular weight excluding hydrogens is 380 g/mol. The van der Waals surface area contributed by atoms with Gasteiger partial charge in [0, 0.05) is 6.54 Å². The number of likely N-dealkylation sites (N-methyl/N-ethyl adjacent to an activating group) is 1. The molecule has 27 heavy (non-hydrogen) atoms. The van der Waals surface area contributed by atoms with E-state index in [1.807, 2.05) is 20.4 Å². The van der Waals surface area contributed by atoms with Gasteiger partial charge in [-0.05, 0) is 36.9 Å². The summed E-state index contributed by atoms with van der Waals surface area (Å²) in [5.41, 5.74) is 2.74. The highest BCUT2D eigenvalue weighted by Gasteiger charge is 2.20. The van der Waals surface area contributed by atoms with Gasteiger partial charge in [0.15, 0.2) is 10.9 Å². The summed E-state index contributed by atoms with van der Waals surface area (Å²) in [7, 11) is 4.00. The Labute approximate surface area is 170 Å². The van der Waals surface area contributed by atoms with Gasteiger partial charge in [-0.3, -0.25) is 4.79 Å². The maximum absolute atomic E-state index is 12.6. The van der Waals surface area contributed by atoms with Gasteiger partial charge in [0.25, 0.3) is 5.91 Å². The molecule has 5 nitrogen and oxygen atoms in total. The summed E-state index contributed by atoms with van der Waals surface area (Å²) < 4.78 is 0. The fraction of sp³-hybridized carbons (Fsp3) is 0.450. The number of aromatic nitrogens is 2. The molecule has 0 saturated carbocycles. The smallest absolute Gasteiger partial charge is 0.271 e. The van der Waals surface area contributed by atoms with Crippen LogP contribution in [0, 0.1) is 0 Å². The maximum atomic E-state index is 12.6. The van der Waals surface area contributed by atoms with E-state index in [2.05, 4.69) is 65.2 Å². The van der Waals surface area contributed by atoms with Gasteiger partial charge in [-0.15, -0.1) is 0 Å². The molecule has 7 heteroatoms. The first-order chi connectivity index (χ1) is 12.6. The molecule has 1 unspecified atom stereocenters. The van der Waals surface area contributed by atoms with E-state index in [4.69, 9.17) is 11.6 Å². The van der Waals surface area contributed by atoms with Gasteiger partial charge >= 0.3 is 0 Å². The highest BCUT2D eigenvalue weighted by Crippen LogP contribution is 2.25. The van der Waals surface area contributed by atoms with Crippen LogP contribution in [0.3, 0.4) is 0 Å². The molecular formula is C20H27ClN4OS. The first-order valence-corrected chi connectivity index (χ1v) is 10.4. The Kier molecular flexibility index (Phi) is 7.25. The van der Waals surface area contributed by atoms with Gasteiger partial charge in [0.2, 0.25) is 0 Å². The van der Waals surface area contributed by atoms with E-state index >= 15 is 0 Å². The van der Waals surface area contributed by atoms with Crippen LogP contribution in [0.2, 0.25) is 5.02 Å². The van der Waals surface area contributed by atoms with Crippen molar-refractivity contribution >= 4 is 29.3 Å². The van der Waals surface area contributed by atoms with Crippen LogP contribution in [-0.2, 0) is 5.41 Å². The fourth-order valence-corrected chi connectivity index (χ4v) is 3.20. The average Bonchev–Trinajstić information content (AvgIpc) is 2.61. The van der Waals surface area contributed by atoms with Crippen molar-refractivity contribution in [3.63, 3.8) is 0 Å². The van der Waals surface area contributed by atoms with Crippen molar-refractivity contribution in [2.24, 2.45) is 0 Å². The molecule has 1 heterocycles. The molecule has 0 bridgehead atoms. The van der Waals surface area contributed by atoms with E-state index in [-0.39, 0.29) is 28.1 Å². The predicted octanol–water partition coefficient (Wildman–Crippen LogP) is 4.18. The summed E-state index contributed by atoms with van der Waals surface area (Å²) in [5.74, 6) is -0.295. The molecule has 0 aliphatic carbocycles. The highest BCUT2D eigenvalue weighted by molar-refractivity contribution is 7.98. The van der Waals surface area contributed by atoms with Crippen LogP contribution in [0.15, 0.2) is 35.6 Å². The van der Waals surface area contributed by atoms with Crippen molar-refractivity contribution < 1.29 is 4.79 Å². The Morgan fingerprint density at radius 2 is 1.89 bits per heavy atom. The van der Waals surface area contributed by atoms with Crippen molar-refractivity contribution in [3.05, 3.63) is 52.3 Å². The monoisotopic (exact) mass is 406 g/mol. The van der Waals surface area contributed by atoms with Crippen LogP contribution in [-0.4, -0.2) is 47.7 Å². The molecule has 0 aliphatic rings. The van der Waals surface area contributed by atoms with Crippen molar-refractivity contribution in [1.29, 1.82) is 0 Å². The molecule has 1 atom stereocenters. The van der Waals surface area contributed by atoms with E-state index in [1.54, 1.807) is 0 Å². The summed E-state index contributed by atoms with van der Waals surface area (Å²) >= 11 is 7.47. The third kappa shape index (κ3) is 5.67. The number of carbonyl (C=O) groups is 1. The molecule has 0 aliphatic heterocycles. The van der Waals surface area contributed by atoms with E-state index in [0.29, 0.717) is 11.7 Å². The summed E-state index contributed by atoms with van der Waals surface area (Å²) in [6.07, 6.45) is 3.32. The van der Waals surface area contributed by atoms with Crippen LogP contribution >= 0.6 is 23.4 Å². The standard InChI is InChI=1S/C20H27ClN4OS/c1-20(2,3)14-9-7-13(8-10-14)16(25(4)5)12-22-18(26)17-15(21)11-23-19(24-17)27-6/h7-11,16H,12H2,1-6H3,(H,22,26). The normalized spacial score (nSPS) is 12.9. The number of amides is 1. The lowest BCUT2D eigenvalue weighted by molar-refractivity contribution is 0.0936. The Balaban J connectivity index is 2.14. The summed E-state index contributed by atoms with van der Waals surface area (Å²) in [4.78, 5) is 22.9. The second-order valence-corrected chi connectivity index (χ2v) is 8.80. The largest absolute Gasteiger partial charge is 0.349 e. The van der Waals surface area contributed by atoms with Crippen LogP contribution in [0.4, 0.5) is 0 Å². The quantitative estimate of drug-likeness (QED) is 0.576. The van der Waals surface area contributed by atoms with Crippen LogP contribution in [0.5, 0.6) is 0 Å².